The van der Waals surface area contributed by atoms with Gasteiger partial charge in [0.2, 0.25) is 0 Å². The lowest BCUT2D eigenvalue weighted by Gasteiger charge is -2.35. The molecular formula is C19H23N3OS. The zero-order valence-corrected chi connectivity index (χ0v) is 14.9. The number of hydrogen-bond acceptors (Lipinski definition) is 4. The van der Waals surface area contributed by atoms with E-state index in [1.54, 1.807) is 11.3 Å². The summed E-state index contributed by atoms with van der Waals surface area (Å²) in [5, 5.41) is 2.09. The molecule has 0 bridgehead atoms. The number of hydrogen-bond donors (Lipinski definition) is 0. The molecule has 0 aromatic carbocycles. The number of rotatable bonds is 2. The van der Waals surface area contributed by atoms with Crippen LogP contribution in [0.15, 0.2) is 29.8 Å². The second kappa shape index (κ2) is 6.55. The minimum Gasteiger partial charge on any atom is -0.353 e. The molecule has 0 spiro atoms. The Bertz CT molecular complexity index is 719. The SMILES string of the molecule is C[C@@H]1CCc2c(C(=O)N3CCN(c4ccccn4)CC3)csc2C1. The Kier molecular flexibility index (Phi) is 4.27. The third-order valence-electron chi connectivity index (χ3n) is 5.17. The van der Waals surface area contributed by atoms with Crippen molar-refractivity contribution in [1.29, 1.82) is 0 Å². The molecule has 1 aliphatic carbocycles. The molecule has 1 aliphatic heterocycles. The van der Waals surface area contributed by atoms with Crippen LogP contribution in [0.25, 0.3) is 0 Å². The van der Waals surface area contributed by atoms with Gasteiger partial charge in [-0.2, -0.15) is 0 Å². The number of fused-ring (bicyclic) bond motifs is 1. The van der Waals surface area contributed by atoms with Crippen LogP contribution in [-0.2, 0) is 12.8 Å². The number of amides is 1. The Morgan fingerprint density at radius 1 is 1.25 bits per heavy atom. The molecule has 5 heteroatoms. The predicted octanol–water partition coefficient (Wildman–Crippen LogP) is 3.23. The third-order valence-corrected chi connectivity index (χ3v) is 6.22. The first-order chi connectivity index (χ1) is 11.7. The Labute approximate surface area is 147 Å². The highest BCUT2D eigenvalue weighted by atomic mass is 32.1. The van der Waals surface area contributed by atoms with Crippen molar-refractivity contribution >= 4 is 23.1 Å². The lowest BCUT2D eigenvalue weighted by atomic mass is 9.88. The molecule has 1 fully saturated rings. The van der Waals surface area contributed by atoms with Gasteiger partial charge in [-0.3, -0.25) is 4.79 Å². The van der Waals surface area contributed by atoms with Crippen LogP contribution < -0.4 is 4.90 Å². The van der Waals surface area contributed by atoms with E-state index in [0.717, 1.165) is 56.3 Å². The molecule has 0 unspecified atom stereocenters. The largest absolute Gasteiger partial charge is 0.353 e. The Morgan fingerprint density at radius 3 is 2.83 bits per heavy atom. The van der Waals surface area contributed by atoms with E-state index in [1.807, 2.05) is 29.3 Å². The highest BCUT2D eigenvalue weighted by Gasteiger charge is 2.28. The van der Waals surface area contributed by atoms with Gasteiger partial charge in [-0.05, 0) is 42.9 Å². The highest BCUT2D eigenvalue weighted by molar-refractivity contribution is 7.10. The van der Waals surface area contributed by atoms with E-state index >= 15 is 0 Å². The van der Waals surface area contributed by atoms with E-state index in [9.17, 15) is 4.79 Å². The second-order valence-electron chi connectivity index (χ2n) is 6.87. The van der Waals surface area contributed by atoms with Gasteiger partial charge in [0, 0.05) is 42.6 Å². The Morgan fingerprint density at radius 2 is 2.08 bits per heavy atom. The number of pyridine rings is 1. The molecule has 126 valence electrons. The molecule has 0 saturated carbocycles. The zero-order chi connectivity index (χ0) is 16.5. The molecule has 2 aromatic heterocycles. The van der Waals surface area contributed by atoms with Gasteiger partial charge < -0.3 is 9.80 Å². The molecule has 0 radical (unpaired) electrons. The maximum absolute atomic E-state index is 13.0. The average Bonchev–Trinajstić information content (AvgIpc) is 3.05. The summed E-state index contributed by atoms with van der Waals surface area (Å²) in [6.45, 7) is 5.56. The summed E-state index contributed by atoms with van der Waals surface area (Å²) in [6, 6.07) is 5.98. The third kappa shape index (κ3) is 2.93. The van der Waals surface area contributed by atoms with Crippen LogP contribution >= 0.6 is 11.3 Å². The lowest BCUT2D eigenvalue weighted by molar-refractivity contribution is 0.0745. The van der Waals surface area contributed by atoms with Gasteiger partial charge in [0.1, 0.15) is 5.82 Å². The number of nitrogens with zero attached hydrogens (tertiary/aromatic N) is 3. The fourth-order valence-electron chi connectivity index (χ4n) is 3.71. The monoisotopic (exact) mass is 341 g/mol. The van der Waals surface area contributed by atoms with E-state index < -0.39 is 0 Å². The van der Waals surface area contributed by atoms with Crippen molar-refractivity contribution in [2.24, 2.45) is 5.92 Å². The lowest BCUT2D eigenvalue weighted by Crippen LogP contribution is -2.49. The van der Waals surface area contributed by atoms with E-state index in [-0.39, 0.29) is 5.91 Å². The van der Waals surface area contributed by atoms with Crippen molar-refractivity contribution < 1.29 is 4.79 Å². The van der Waals surface area contributed by atoms with Crippen molar-refractivity contribution in [2.75, 3.05) is 31.1 Å². The van der Waals surface area contributed by atoms with Crippen LogP contribution in [0.5, 0.6) is 0 Å². The summed E-state index contributed by atoms with van der Waals surface area (Å²) in [6.07, 6.45) is 5.23. The Hall–Kier alpha value is -1.88. The molecular weight excluding hydrogens is 318 g/mol. The molecule has 4 rings (SSSR count). The summed E-state index contributed by atoms with van der Waals surface area (Å²) in [7, 11) is 0. The van der Waals surface area contributed by atoms with E-state index in [4.69, 9.17) is 0 Å². The predicted molar refractivity (Wildman–Crippen MR) is 97.9 cm³/mol. The first-order valence-corrected chi connectivity index (χ1v) is 9.65. The van der Waals surface area contributed by atoms with Crippen LogP contribution in [0.2, 0.25) is 0 Å². The van der Waals surface area contributed by atoms with Gasteiger partial charge >= 0.3 is 0 Å². The molecule has 1 saturated heterocycles. The minimum atomic E-state index is 0.225. The standard InChI is InChI=1S/C19H23N3OS/c1-14-5-6-15-16(13-24-17(15)12-14)19(23)22-10-8-21(9-11-22)18-4-2-3-7-20-18/h2-4,7,13-14H,5-6,8-12H2,1H3/t14-/m1/s1. The molecule has 2 aromatic rings. The quantitative estimate of drug-likeness (QED) is 0.841. The number of piperazine rings is 1. The van der Waals surface area contributed by atoms with Gasteiger partial charge in [-0.15, -0.1) is 11.3 Å². The second-order valence-corrected chi connectivity index (χ2v) is 7.83. The fraction of sp³-hybridized carbons (Fsp3) is 0.474. The first kappa shape index (κ1) is 15.6. The molecule has 3 heterocycles. The average molecular weight is 341 g/mol. The molecule has 2 aliphatic rings. The topological polar surface area (TPSA) is 36.4 Å². The van der Waals surface area contributed by atoms with Gasteiger partial charge in [0.25, 0.3) is 5.91 Å². The maximum Gasteiger partial charge on any atom is 0.255 e. The summed E-state index contributed by atoms with van der Waals surface area (Å²) >= 11 is 1.78. The van der Waals surface area contributed by atoms with Crippen molar-refractivity contribution in [3.8, 4) is 0 Å². The summed E-state index contributed by atoms with van der Waals surface area (Å²) in [5.74, 6) is 1.98. The smallest absolute Gasteiger partial charge is 0.255 e. The highest BCUT2D eigenvalue weighted by Crippen LogP contribution is 2.33. The summed E-state index contributed by atoms with van der Waals surface area (Å²) in [4.78, 5) is 23.1. The van der Waals surface area contributed by atoms with Gasteiger partial charge in [-0.25, -0.2) is 4.98 Å². The molecule has 0 N–H and O–H groups in total. The number of carbonyl (C=O) groups is 1. The van der Waals surface area contributed by atoms with E-state index in [2.05, 4.69) is 22.2 Å². The van der Waals surface area contributed by atoms with Crippen molar-refractivity contribution in [2.45, 2.75) is 26.2 Å². The summed E-state index contributed by atoms with van der Waals surface area (Å²) in [5.41, 5.74) is 2.29. The minimum absolute atomic E-state index is 0.225. The number of carbonyl (C=O) groups excluding carboxylic acids is 1. The van der Waals surface area contributed by atoms with Crippen molar-refractivity contribution in [3.63, 3.8) is 0 Å². The van der Waals surface area contributed by atoms with Crippen LogP contribution in [-0.4, -0.2) is 42.0 Å². The molecule has 4 nitrogen and oxygen atoms in total. The zero-order valence-electron chi connectivity index (χ0n) is 14.1. The molecule has 24 heavy (non-hydrogen) atoms. The van der Waals surface area contributed by atoms with Crippen molar-refractivity contribution in [3.05, 3.63) is 45.8 Å². The normalized spacial score (nSPS) is 20.8. The van der Waals surface area contributed by atoms with E-state index in [0.29, 0.717) is 0 Å². The maximum atomic E-state index is 13.0. The number of aromatic nitrogens is 1. The van der Waals surface area contributed by atoms with E-state index in [1.165, 1.54) is 16.9 Å². The van der Waals surface area contributed by atoms with Crippen molar-refractivity contribution in [1.82, 2.24) is 9.88 Å². The van der Waals surface area contributed by atoms with Gasteiger partial charge in [0.15, 0.2) is 0 Å². The number of thiophene rings is 1. The van der Waals surface area contributed by atoms with Crippen LogP contribution in [0.4, 0.5) is 5.82 Å². The van der Waals surface area contributed by atoms with Gasteiger partial charge in [-0.1, -0.05) is 13.0 Å². The first-order valence-electron chi connectivity index (χ1n) is 8.77. The van der Waals surface area contributed by atoms with Crippen LogP contribution in [0.1, 0.15) is 34.1 Å². The van der Waals surface area contributed by atoms with Crippen LogP contribution in [0, 0.1) is 5.92 Å². The molecule has 1 amide bonds. The number of anilines is 1. The summed E-state index contributed by atoms with van der Waals surface area (Å²) < 4.78 is 0. The van der Waals surface area contributed by atoms with Crippen LogP contribution in [0.3, 0.4) is 0 Å². The Balaban J connectivity index is 1.44. The van der Waals surface area contributed by atoms with Gasteiger partial charge in [0.05, 0.1) is 5.56 Å². The fourth-order valence-corrected chi connectivity index (χ4v) is 4.94. The molecule has 1 atom stereocenters.